The number of carbonyl (C=O) groups excluding carboxylic acids is 2. The monoisotopic (exact) mass is 332 g/mol. The van der Waals surface area contributed by atoms with E-state index < -0.39 is 0 Å². The minimum absolute atomic E-state index is 0.110. The van der Waals surface area contributed by atoms with Gasteiger partial charge < -0.3 is 9.80 Å². The second kappa shape index (κ2) is 6.27. The first kappa shape index (κ1) is 15.2. The van der Waals surface area contributed by atoms with Crippen molar-refractivity contribution in [2.45, 2.75) is 51.1 Å². The Bertz CT molecular complexity index is 570. The highest BCUT2D eigenvalue weighted by Crippen LogP contribution is 2.34. The van der Waals surface area contributed by atoms with Crippen molar-refractivity contribution in [1.82, 2.24) is 9.80 Å². The third-order valence-corrected chi connectivity index (χ3v) is 6.12. The highest BCUT2D eigenvalue weighted by molar-refractivity contribution is 7.09. The molecule has 3 aliphatic rings. The summed E-state index contributed by atoms with van der Waals surface area (Å²) in [4.78, 5) is 30.5. The van der Waals surface area contributed by atoms with Crippen molar-refractivity contribution >= 4 is 23.2 Å². The summed E-state index contributed by atoms with van der Waals surface area (Å²) in [6.07, 6.45) is 6.10. The van der Waals surface area contributed by atoms with Crippen LogP contribution in [0.25, 0.3) is 0 Å². The number of piperidine rings is 1. The lowest BCUT2D eigenvalue weighted by atomic mass is 9.94. The summed E-state index contributed by atoms with van der Waals surface area (Å²) in [5.41, 5.74) is 0. The maximum absolute atomic E-state index is 13.0. The molecule has 0 aromatic carbocycles. The fraction of sp³-hybridized carbons (Fsp3) is 0.667. The SMILES string of the molecule is O=C(C1CC1)N1CCC(C(=O)N(Cc2cccs2)C2CC2)CC1. The predicted octanol–water partition coefficient (Wildman–Crippen LogP) is 2.89. The molecule has 0 atom stereocenters. The van der Waals surface area contributed by atoms with Gasteiger partial charge in [0.15, 0.2) is 0 Å². The summed E-state index contributed by atoms with van der Waals surface area (Å²) >= 11 is 1.73. The van der Waals surface area contributed by atoms with Crippen molar-refractivity contribution < 1.29 is 9.59 Å². The third-order valence-electron chi connectivity index (χ3n) is 5.26. The molecule has 0 radical (unpaired) electrons. The van der Waals surface area contributed by atoms with Gasteiger partial charge in [0.1, 0.15) is 0 Å². The van der Waals surface area contributed by atoms with Gasteiger partial charge in [-0.25, -0.2) is 0 Å². The lowest BCUT2D eigenvalue weighted by Crippen LogP contribution is -2.45. The number of amides is 2. The standard InChI is InChI=1S/C18H24N2O2S/c21-17(13-3-4-13)19-9-7-14(8-10-19)18(22)20(15-5-6-15)12-16-2-1-11-23-16/h1-2,11,13-15H,3-10,12H2. The number of carbonyl (C=O) groups is 2. The smallest absolute Gasteiger partial charge is 0.226 e. The Labute approximate surface area is 141 Å². The number of likely N-dealkylation sites (tertiary alicyclic amines) is 1. The third kappa shape index (κ3) is 3.44. The van der Waals surface area contributed by atoms with Crippen LogP contribution in [0.1, 0.15) is 43.4 Å². The van der Waals surface area contributed by atoms with E-state index in [0.29, 0.717) is 23.8 Å². The Morgan fingerprint density at radius 1 is 1.09 bits per heavy atom. The zero-order valence-corrected chi connectivity index (χ0v) is 14.3. The molecule has 2 saturated carbocycles. The molecule has 2 aliphatic carbocycles. The Morgan fingerprint density at radius 3 is 2.39 bits per heavy atom. The molecule has 1 aliphatic heterocycles. The summed E-state index contributed by atoms with van der Waals surface area (Å²) in [6.45, 7) is 2.30. The largest absolute Gasteiger partial charge is 0.342 e. The van der Waals surface area contributed by atoms with E-state index in [2.05, 4.69) is 22.4 Å². The first-order valence-electron chi connectivity index (χ1n) is 8.84. The molecule has 1 aromatic heterocycles. The van der Waals surface area contributed by atoms with Gasteiger partial charge in [-0.2, -0.15) is 0 Å². The fourth-order valence-electron chi connectivity index (χ4n) is 3.51. The fourth-order valence-corrected chi connectivity index (χ4v) is 4.22. The topological polar surface area (TPSA) is 40.6 Å². The lowest BCUT2D eigenvalue weighted by Gasteiger charge is -2.34. The molecule has 1 aromatic rings. The Kier molecular flexibility index (Phi) is 4.14. The van der Waals surface area contributed by atoms with E-state index >= 15 is 0 Å². The summed E-state index contributed by atoms with van der Waals surface area (Å²) in [5.74, 6) is 1.05. The second-order valence-corrected chi connectivity index (χ2v) is 8.18. The molecule has 4 nitrogen and oxygen atoms in total. The van der Waals surface area contributed by atoms with E-state index in [0.717, 1.165) is 58.2 Å². The molecule has 5 heteroatoms. The number of hydrogen-bond acceptors (Lipinski definition) is 3. The first-order valence-corrected chi connectivity index (χ1v) is 9.72. The molecule has 0 bridgehead atoms. The van der Waals surface area contributed by atoms with Crippen LogP contribution in [0.15, 0.2) is 17.5 Å². The van der Waals surface area contributed by atoms with Crippen LogP contribution in [0.4, 0.5) is 0 Å². The van der Waals surface area contributed by atoms with Gasteiger partial charge in [0.2, 0.25) is 11.8 Å². The first-order chi connectivity index (χ1) is 11.2. The summed E-state index contributed by atoms with van der Waals surface area (Å²) in [6, 6.07) is 4.62. The predicted molar refractivity (Wildman–Crippen MR) is 89.9 cm³/mol. The van der Waals surface area contributed by atoms with E-state index in [4.69, 9.17) is 0 Å². The van der Waals surface area contributed by atoms with Gasteiger partial charge in [-0.15, -0.1) is 11.3 Å². The van der Waals surface area contributed by atoms with Crippen LogP contribution in [0.5, 0.6) is 0 Å². The molecule has 124 valence electrons. The van der Waals surface area contributed by atoms with Crippen molar-refractivity contribution in [2.75, 3.05) is 13.1 Å². The van der Waals surface area contributed by atoms with Crippen LogP contribution in [0.2, 0.25) is 0 Å². The lowest BCUT2D eigenvalue weighted by molar-refractivity contribution is -0.142. The van der Waals surface area contributed by atoms with Gasteiger partial charge in [-0.3, -0.25) is 9.59 Å². The molecule has 0 N–H and O–H groups in total. The number of hydrogen-bond donors (Lipinski definition) is 0. The molecule has 2 heterocycles. The Balaban J connectivity index is 1.35. The van der Waals surface area contributed by atoms with Crippen molar-refractivity contribution in [3.63, 3.8) is 0 Å². The molecule has 0 unspecified atom stereocenters. The van der Waals surface area contributed by atoms with Gasteiger partial charge in [0, 0.05) is 35.8 Å². The highest BCUT2D eigenvalue weighted by Gasteiger charge is 2.39. The van der Waals surface area contributed by atoms with E-state index in [1.54, 1.807) is 11.3 Å². The van der Waals surface area contributed by atoms with Crippen molar-refractivity contribution in [2.24, 2.45) is 11.8 Å². The molecule has 4 rings (SSSR count). The van der Waals surface area contributed by atoms with E-state index in [9.17, 15) is 9.59 Å². The zero-order chi connectivity index (χ0) is 15.8. The summed E-state index contributed by atoms with van der Waals surface area (Å²) < 4.78 is 0. The van der Waals surface area contributed by atoms with Gasteiger partial charge >= 0.3 is 0 Å². The van der Waals surface area contributed by atoms with Crippen LogP contribution in [-0.4, -0.2) is 40.7 Å². The quantitative estimate of drug-likeness (QED) is 0.832. The van der Waals surface area contributed by atoms with Gasteiger partial charge in [0.25, 0.3) is 0 Å². The Morgan fingerprint density at radius 2 is 1.83 bits per heavy atom. The average molecular weight is 332 g/mol. The number of thiophene rings is 1. The van der Waals surface area contributed by atoms with Gasteiger partial charge in [0.05, 0.1) is 6.54 Å². The van der Waals surface area contributed by atoms with Crippen LogP contribution in [0, 0.1) is 11.8 Å². The van der Waals surface area contributed by atoms with Crippen molar-refractivity contribution in [1.29, 1.82) is 0 Å². The van der Waals surface area contributed by atoms with E-state index in [-0.39, 0.29) is 5.92 Å². The van der Waals surface area contributed by atoms with Crippen molar-refractivity contribution in [3.8, 4) is 0 Å². The molecule has 3 fully saturated rings. The highest BCUT2D eigenvalue weighted by atomic mass is 32.1. The van der Waals surface area contributed by atoms with Crippen molar-refractivity contribution in [3.05, 3.63) is 22.4 Å². The van der Waals surface area contributed by atoms with Gasteiger partial charge in [-0.1, -0.05) is 6.07 Å². The Hall–Kier alpha value is -1.36. The summed E-state index contributed by atoms with van der Waals surface area (Å²) in [5, 5.41) is 2.08. The molecule has 0 spiro atoms. The molecular weight excluding hydrogens is 308 g/mol. The van der Waals surface area contributed by atoms with Crippen LogP contribution in [-0.2, 0) is 16.1 Å². The molecular formula is C18H24N2O2S. The second-order valence-electron chi connectivity index (χ2n) is 7.15. The maximum Gasteiger partial charge on any atom is 0.226 e. The van der Waals surface area contributed by atoms with Crippen LogP contribution >= 0.6 is 11.3 Å². The van der Waals surface area contributed by atoms with Crippen LogP contribution < -0.4 is 0 Å². The zero-order valence-electron chi connectivity index (χ0n) is 13.4. The number of rotatable bonds is 5. The van der Waals surface area contributed by atoms with Gasteiger partial charge in [-0.05, 0) is 50.0 Å². The maximum atomic E-state index is 13.0. The number of nitrogens with zero attached hydrogens (tertiary/aromatic N) is 2. The van der Waals surface area contributed by atoms with E-state index in [1.165, 1.54) is 4.88 Å². The molecule has 1 saturated heterocycles. The average Bonchev–Trinajstić information content (AvgIpc) is 3.51. The molecule has 2 amide bonds. The molecule has 23 heavy (non-hydrogen) atoms. The normalized spacial score (nSPS) is 22.2. The summed E-state index contributed by atoms with van der Waals surface area (Å²) in [7, 11) is 0. The minimum atomic E-state index is 0.110. The van der Waals surface area contributed by atoms with E-state index in [1.807, 2.05) is 4.90 Å². The van der Waals surface area contributed by atoms with Crippen LogP contribution in [0.3, 0.4) is 0 Å². The minimum Gasteiger partial charge on any atom is -0.342 e.